The Kier molecular flexibility index (Phi) is 7.07. The maximum Gasteiger partial charge on any atom is 0.240 e. The number of carbonyl (C=O) groups is 1. The molecule has 0 aromatic heterocycles. The molecule has 2 aromatic rings. The molecule has 2 heterocycles. The Bertz CT molecular complexity index is 1110. The van der Waals surface area contributed by atoms with E-state index in [4.69, 9.17) is 0 Å². The summed E-state index contributed by atoms with van der Waals surface area (Å²) >= 11 is 0. The number of piperazine rings is 1. The maximum absolute atomic E-state index is 12.8. The van der Waals surface area contributed by atoms with Gasteiger partial charge in [-0.1, -0.05) is 12.1 Å². The number of nitrogens with zero attached hydrogens (tertiary/aromatic N) is 3. The molecule has 2 aliphatic rings. The highest BCUT2D eigenvalue weighted by atomic mass is 32.2. The van der Waals surface area contributed by atoms with Gasteiger partial charge in [-0.25, -0.2) is 13.1 Å². The number of aryl methyl sites for hydroxylation is 1. The molecule has 0 radical (unpaired) electrons. The normalized spacial score (nSPS) is 19.1. The summed E-state index contributed by atoms with van der Waals surface area (Å²) in [5, 5.41) is 0. The van der Waals surface area contributed by atoms with Crippen LogP contribution in [0.2, 0.25) is 0 Å². The summed E-state index contributed by atoms with van der Waals surface area (Å²) in [6.07, 6.45) is 1.44. The van der Waals surface area contributed by atoms with E-state index in [0.29, 0.717) is 13.0 Å². The summed E-state index contributed by atoms with van der Waals surface area (Å²) in [6, 6.07) is 13.7. The van der Waals surface area contributed by atoms with Gasteiger partial charge in [-0.15, -0.1) is 0 Å². The first-order valence-electron chi connectivity index (χ1n) is 11.7. The fourth-order valence-corrected chi connectivity index (χ4v) is 6.03. The van der Waals surface area contributed by atoms with Crippen LogP contribution in [0.25, 0.3) is 0 Å². The van der Waals surface area contributed by atoms with E-state index in [1.54, 1.807) is 30.0 Å². The standard InChI is InChI=1S/C25H34N4O3S/c1-19-6-4-7-23(16-19)28-14-12-27(13-15-28)11-5-10-26-33(31,32)24-8-9-25-22(18-24)17-20(2)29(25)21(3)30/h4,6-9,16,18,20,26H,5,10-15,17H2,1-3H3. The van der Waals surface area contributed by atoms with Crippen LogP contribution in [-0.2, 0) is 21.2 Å². The molecule has 4 rings (SSSR count). The minimum atomic E-state index is -3.57. The summed E-state index contributed by atoms with van der Waals surface area (Å²) in [5.41, 5.74) is 4.28. The van der Waals surface area contributed by atoms with E-state index in [-0.39, 0.29) is 16.8 Å². The van der Waals surface area contributed by atoms with Crippen molar-refractivity contribution >= 4 is 27.3 Å². The molecule has 178 valence electrons. The maximum atomic E-state index is 12.8. The van der Waals surface area contributed by atoms with Crippen molar-refractivity contribution in [2.45, 2.75) is 44.6 Å². The fraction of sp³-hybridized carbons (Fsp3) is 0.480. The third kappa shape index (κ3) is 5.39. The van der Waals surface area contributed by atoms with Crippen molar-refractivity contribution in [2.75, 3.05) is 49.1 Å². The predicted molar refractivity (Wildman–Crippen MR) is 132 cm³/mol. The van der Waals surface area contributed by atoms with Crippen molar-refractivity contribution in [1.82, 2.24) is 9.62 Å². The number of anilines is 2. The highest BCUT2D eigenvalue weighted by molar-refractivity contribution is 7.89. The zero-order chi connectivity index (χ0) is 23.6. The number of amides is 1. The molecular weight excluding hydrogens is 436 g/mol. The number of sulfonamides is 1. The van der Waals surface area contributed by atoms with Crippen LogP contribution in [0.3, 0.4) is 0 Å². The second-order valence-electron chi connectivity index (χ2n) is 9.15. The molecule has 1 N–H and O–H groups in total. The predicted octanol–water partition coefficient (Wildman–Crippen LogP) is 2.78. The van der Waals surface area contributed by atoms with Crippen LogP contribution in [0.15, 0.2) is 47.4 Å². The number of carbonyl (C=O) groups excluding carboxylic acids is 1. The third-order valence-electron chi connectivity index (χ3n) is 6.60. The zero-order valence-electron chi connectivity index (χ0n) is 19.8. The average molecular weight is 471 g/mol. The first kappa shape index (κ1) is 23.7. The minimum Gasteiger partial charge on any atom is -0.369 e. The molecular formula is C25H34N4O3S. The third-order valence-corrected chi connectivity index (χ3v) is 8.06. The number of fused-ring (bicyclic) bond motifs is 1. The second-order valence-corrected chi connectivity index (χ2v) is 10.9. The van der Waals surface area contributed by atoms with E-state index >= 15 is 0 Å². The van der Waals surface area contributed by atoms with Crippen LogP contribution in [0.4, 0.5) is 11.4 Å². The quantitative estimate of drug-likeness (QED) is 0.630. The molecule has 0 aliphatic carbocycles. The van der Waals surface area contributed by atoms with E-state index < -0.39 is 10.0 Å². The first-order valence-corrected chi connectivity index (χ1v) is 13.2. The summed E-state index contributed by atoms with van der Waals surface area (Å²) in [4.78, 5) is 18.7. The lowest BCUT2D eigenvalue weighted by Gasteiger charge is -2.36. The average Bonchev–Trinajstić information content (AvgIpc) is 3.12. The van der Waals surface area contributed by atoms with E-state index in [1.165, 1.54) is 11.3 Å². The van der Waals surface area contributed by atoms with Gasteiger partial charge in [-0.3, -0.25) is 9.69 Å². The van der Waals surface area contributed by atoms with Crippen LogP contribution < -0.4 is 14.5 Å². The molecule has 2 aromatic carbocycles. The van der Waals surface area contributed by atoms with E-state index in [0.717, 1.165) is 50.4 Å². The monoisotopic (exact) mass is 470 g/mol. The van der Waals surface area contributed by atoms with Crippen LogP contribution in [0.1, 0.15) is 31.4 Å². The number of nitrogens with one attached hydrogen (secondary N) is 1. The number of benzene rings is 2. The first-order chi connectivity index (χ1) is 15.7. The van der Waals surface area contributed by atoms with Crippen LogP contribution in [-0.4, -0.2) is 64.5 Å². The van der Waals surface area contributed by atoms with Gasteiger partial charge in [0, 0.05) is 57.1 Å². The molecule has 33 heavy (non-hydrogen) atoms. The van der Waals surface area contributed by atoms with Gasteiger partial charge in [0.25, 0.3) is 0 Å². The molecule has 7 nitrogen and oxygen atoms in total. The topological polar surface area (TPSA) is 73.0 Å². The SMILES string of the molecule is CC(=O)N1c2ccc(S(=O)(=O)NCCCN3CCN(c4cccc(C)c4)CC3)cc2CC1C. The molecule has 1 fully saturated rings. The van der Waals surface area contributed by atoms with Crippen molar-refractivity contribution < 1.29 is 13.2 Å². The Morgan fingerprint density at radius 2 is 1.85 bits per heavy atom. The molecule has 1 amide bonds. The van der Waals surface area contributed by atoms with Crippen molar-refractivity contribution in [1.29, 1.82) is 0 Å². The van der Waals surface area contributed by atoms with Gasteiger partial charge in [-0.05, 0) is 74.7 Å². The molecule has 1 unspecified atom stereocenters. The molecule has 8 heteroatoms. The van der Waals surface area contributed by atoms with Crippen molar-refractivity contribution in [3.05, 3.63) is 53.6 Å². The van der Waals surface area contributed by atoms with Crippen molar-refractivity contribution in [3.8, 4) is 0 Å². The van der Waals surface area contributed by atoms with E-state index in [9.17, 15) is 13.2 Å². The molecule has 0 saturated carbocycles. The molecule has 0 bridgehead atoms. The molecule has 1 atom stereocenters. The number of hydrogen-bond donors (Lipinski definition) is 1. The van der Waals surface area contributed by atoms with Gasteiger partial charge in [0.15, 0.2) is 0 Å². The van der Waals surface area contributed by atoms with Gasteiger partial charge >= 0.3 is 0 Å². The summed E-state index contributed by atoms with van der Waals surface area (Å²) in [7, 11) is -3.57. The lowest BCUT2D eigenvalue weighted by Crippen LogP contribution is -2.47. The van der Waals surface area contributed by atoms with Crippen LogP contribution in [0, 0.1) is 6.92 Å². The largest absolute Gasteiger partial charge is 0.369 e. The molecule has 0 spiro atoms. The van der Waals surface area contributed by atoms with E-state index in [1.807, 2.05) is 6.92 Å². The Labute approximate surface area is 197 Å². The lowest BCUT2D eigenvalue weighted by molar-refractivity contribution is -0.116. The molecule has 2 aliphatic heterocycles. The van der Waals surface area contributed by atoms with Crippen LogP contribution in [0.5, 0.6) is 0 Å². The number of rotatable bonds is 7. The highest BCUT2D eigenvalue weighted by Gasteiger charge is 2.30. The lowest BCUT2D eigenvalue weighted by atomic mass is 10.1. The summed E-state index contributed by atoms with van der Waals surface area (Å²) in [5.74, 6) is -0.0188. The van der Waals surface area contributed by atoms with Gasteiger partial charge in [-0.2, -0.15) is 0 Å². The Morgan fingerprint density at radius 3 is 2.55 bits per heavy atom. The Hall–Kier alpha value is -2.42. The van der Waals surface area contributed by atoms with Crippen molar-refractivity contribution in [3.63, 3.8) is 0 Å². The zero-order valence-corrected chi connectivity index (χ0v) is 20.6. The number of hydrogen-bond acceptors (Lipinski definition) is 5. The van der Waals surface area contributed by atoms with Crippen LogP contribution >= 0.6 is 0 Å². The van der Waals surface area contributed by atoms with Gasteiger partial charge in [0.2, 0.25) is 15.9 Å². The smallest absolute Gasteiger partial charge is 0.240 e. The van der Waals surface area contributed by atoms with E-state index in [2.05, 4.69) is 45.7 Å². The minimum absolute atomic E-state index is 0.0188. The fourth-order valence-electron chi connectivity index (χ4n) is 4.90. The van der Waals surface area contributed by atoms with Crippen molar-refractivity contribution in [2.24, 2.45) is 0 Å². The molecule has 1 saturated heterocycles. The summed E-state index contributed by atoms with van der Waals surface area (Å²) < 4.78 is 28.3. The van der Waals surface area contributed by atoms with Gasteiger partial charge < -0.3 is 9.80 Å². The highest BCUT2D eigenvalue weighted by Crippen LogP contribution is 2.33. The Balaban J connectivity index is 1.25. The Morgan fingerprint density at radius 1 is 1.09 bits per heavy atom. The summed E-state index contributed by atoms with van der Waals surface area (Å²) in [6.45, 7) is 10.9. The van der Waals surface area contributed by atoms with Gasteiger partial charge in [0.05, 0.1) is 4.90 Å². The van der Waals surface area contributed by atoms with Gasteiger partial charge in [0.1, 0.15) is 0 Å². The second kappa shape index (κ2) is 9.83.